The average molecular weight is 220 g/mol. The van der Waals surface area contributed by atoms with Gasteiger partial charge in [0.2, 0.25) is 0 Å². The number of hydrogen-bond acceptors (Lipinski definition) is 2. The lowest BCUT2D eigenvalue weighted by Crippen LogP contribution is -2.03. The van der Waals surface area contributed by atoms with Crippen molar-refractivity contribution in [1.29, 1.82) is 0 Å². The molecule has 0 aliphatic heterocycles. The molecule has 0 heterocycles. The van der Waals surface area contributed by atoms with E-state index >= 15 is 0 Å². The second kappa shape index (κ2) is 7.04. The first-order valence-corrected chi connectivity index (χ1v) is 5.93. The number of esters is 1. The second-order valence-electron chi connectivity index (χ2n) is 4.00. The maximum atomic E-state index is 11.1. The largest absolute Gasteiger partial charge is 0.466 e. The first-order valence-electron chi connectivity index (χ1n) is 5.93. The minimum absolute atomic E-state index is 0.0774. The third-order valence-corrected chi connectivity index (χ3v) is 2.52. The summed E-state index contributed by atoms with van der Waals surface area (Å²) in [5.41, 5.74) is 2.63. The Morgan fingerprint density at radius 1 is 1.19 bits per heavy atom. The van der Waals surface area contributed by atoms with Gasteiger partial charge in [0.1, 0.15) is 0 Å². The monoisotopic (exact) mass is 220 g/mol. The van der Waals surface area contributed by atoms with Crippen molar-refractivity contribution in [2.24, 2.45) is 0 Å². The van der Waals surface area contributed by atoms with Gasteiger partial charge in [0.05, 0.1) is 6.61 Å². The molecule has 0 bridgehead atoms. The van der Waals surface area contributed by atoms with Gasteiger partial charge in [0.15, 0.2) is 0 Å². The Morgan fingerprint density at radius 3 is 2.50 bits per heavy atom. The molecule has 0 aliphatic rings. The highest BCUT2D eigenvalue weighted by atomic mass is 16.5. The summed E-state index contributed by atoms with van der Waals surface area (Å²) in [6.45, 7) is 4.41. The molecule has 2 nitrogen and oxygen atoms in total. The van der Waals surface area contributed by atoms with Crippen LogP contribution >= 0.6 is 0 Å². The molecular formula is C14H20O2. The van der Waals surface area contributed by atoms with E-state index in [-0.39, 0.29) is 5.97 Å². The third kappa shape index (κ3) is 4.96. The highest BCUT2D eigenvalue weighted by Crippen LogP contribution is 2.08. The quantitative estimate of drug-likeness (QED) is 0.543. The number of carbonyl (C=O) groups is 1. The highest BCUT2D eigenvalue weighted by Gasteiger charge is 2.01. The maximum absolute atomic E-state index is 11.1. The van der Waals surface area contributed by atoms with Gasteiger partial charge in [-0.3, -0.25) is 4.79 Å². The van der Waals surface area contributed by atoms with E-state index in [1.165, 1.54) is 11.1 Å². The maximum Gasteiger partial charge on any atom is 0.305 e. The third-order valence-electron chi connectivity index (χ3n) is 2.52. The summed E-state index contributed by atoms with van der Waals surface area (Å²) in [7, 11) is 0. The van der Waals surface area contributed by atoms with Gasteiger partial charge in [-0.05, 0) is 38.7 Å². The molecule has 0 amide bonds. The normalized spacial score (nSPS) is 10.1. The lowest BCUT2D eigenvalue weighted by molar-refractivity contribution is -0.143. The van der Waals surface area contributed by atoms with Gasteiger partial charge in [0, 0.05) is 6.42 Å². The molecule has 0 unspecified atom stereocenters. The lowest BCUT2D eigenvalue weighted by Gasteiger charge is -2.03. The Kier molecular flexibility index (Phi) is 5.62. The van der Waals surface area contributed by atoms with Crippen LogP contribution in [0, 0.1) is 6.92 Å². The summed E-state index contributed by atoms with van der Waals surface area (Å²) in [5.74, 6) is -0.0774. The molecule has 0 aromatic heterocycles. The van der Waals surface area contributed by atoms with Crippen molar-refractivity contribution >= 4 is 5.97 Å². The van der Waals surface area contributed by atoms with Crippen molar-refractivity contribution in [3.8, 4) is 0 Å². The number of hydrogen-bond donors (Lipinski definition) is 0. The number of carbonyl (C=O) groups excluding carboxylic acids is 1. The van der Waals surface area contributed by atoms with Crippen molar-refractivity contribution in [2.45, 2.75) is 39.5 Å². The minimum Gasteiger partial charge on any atom is -0.466 e. The predicted molar refractivity (Wildman–Crippen MR) is 65.4 cm³/mol. The number of unbranched alkanes of at least 4 members (excludes halogenated alkanes) is 1. The van der Waals surface area contributed by atoms with Gasteiger partial charge >= 0.3 is 5.97 Å². The Hall–Kier alpha value is -1.31. The fraction of sp³-hybridized carbons (Fsp3) is 0.500. The van der Waals surface area contributed by atoms with Crippen LogP contribution in [0.25, 0.3) is 0 Å². The van der Waals surface area contributed by atoms with E-state index < -0.39 is 0 Å². The van der Waals surface area contributed by atoms with Crippen LogP contribution in [0.5, 0.6) is 0 Å². The van der Waals surface area contributed by atoms with E-state index in [2.05, 4.69) is 31.2 Å². The Morgan fingerprint density at radius 2 is 1.88 bits per heavy atom. The molecule has 0 fully saturated rings. The summed E-state index contributed by atoms with van der Waals surface area (Å²) in [4.78, 5) is 11.1. The Balaban J connectivity index is 2.16. The topological polar surface area (TPSA) is 26.3 Å². The minimum atomic E-state index is -0.0774. The molecule has 1 aromatic rings. The van der Waals surface area contributed by atoms with Crippen molar-refractivity contribution in [3.05, 3.63) is 35.4 Å². The average Bonchev–Trinajstić information content (AvgIpc) is 2.27. The molecule has 0 aliphatic carbocycles. The second-order valence-corrected chi connectivity index (χ2v) is 4.00. The molecule has 0 saturated heterocycles. The number of ether oxygens (including phenoxy) is 1. The van der Waals surface area contributed by atoms with Gasteiger partial charge in [-0.1, -0.05) is 29.8 Å². The van der Waals surface area contributed by atoms with Crippen LogP contribution in [-0.2, 0) is 16.0 Å². The zero-order chi connectivity index (χ0) is 11.8. The summed E-state index contributed by atoms with van der Waals surface area (Å²) in [5, 5.41) is 0. The molecule has 0 atom stereocenters. The van der Waals surface area contributed by atoms with Gasteiger partial charge < -0.3 is 4.74 Å². The van der Waals surface area contributed by atoms with Crippen LogP contribution in [0.4, 0.5) is 0 Å². The smallest absolute Gasteiger partial charge is 0.305 e. The summed E-state index contributed by atoms with van der Waals surface area (Å²) < 4.78 is 4.87. The van der Waals surface area contributed by atoms with Gasteiger partial charge in [-0.15, -0.1) is 0 Å². The first-order chi connectivity index (χ1) is 7.72. The molecule has 0 spiro atoms. The van der Waals surface area contributed by atoms with E-state index in [1.54, 1.807) is 0 Å². The van der Waals surface area contributed by atoms with Crippen LogP contribution < -0.4 is 0 Å². The van der Waals surface area contributed by atoms with Crippen LogP contribution in [0.3, 0.4) is 0 Å². The Labute approximate surface area is 97.6 Å². The summed E-state index contributed by atoms with van der Waals surface area (Å²) >= 11 is 0. The number of benzene rings is 1. The first kappa shape index (κ1) is 12.8. The molecule has 2 heteroatoms. The molecule has 88 valence electrons. The van der Waals surface area contributed by atoms with E-state index in [9.17, 15) is 4.79 Å². The number of aryl methyl sites for hydroxylation is 2. The van der Waals surface area contributed by atoms with E-state index in [1.807, 2.05) is 6.92 Å². The van der Waals surface area contributed by atoms with Gasteiger partial charge in [0.25, 0.3) is 0 Å². The fourth-order valence-electron chi connectivity index (χ4n) is 1.59. The number of rotatable bonds is 6. The van der Waals surface area contributed by atoms with Crippen LogP contribution in [0.15, 0.2) is 24.3 Å². The van der Waals surface area contributed by atoms with E-state index in [4.69, 9.17) is 4.74 Å². The molecular weight excluding hydrogens is 200 g/mol. The fourth-order valence-corrected chi connectivity index (χ4v) is 1.59. The summed E-state index contributed by atoms with van der Waals surface area (Å²) in [6.07, 6.45) is 3.54. The van der Waals surface area contributed by atoms with Gasteiger partial charge in [-0.2, -0.15) is 0 Å². The highest BCUT2D eigenvalue weighted by molar-refractivity contribution is 5.69. The van der Waals surface area contributed by atoms with Crippen molar-refractivity contribution in [3.63, 3.8) is 0 Å². The predicted octanol–water partition coefficient (Wildman–Crippen LogP) is 3.27. The van der Waals surface area contributed by atoms with Crippen molar-refractivity contribution in [1.82, 2.24) is 0 Å². The van der Waals surface area contributed by atoms with Crippen molar-refractivity contribution in [2.75, 3.05) is 6.61 Å². The molecule has 1 rings (SSSR count). The van der Waals surface area contributed by atoms with E-state index in [0.717, 1.165) is 19.3 Å². The molecule has 0 N–H and O–H groups in total. The summed E-state index contributed by atoms with van der Waals surface area (Å²) in [6, 6.07) is 8.56. The van der Waals surface area contributed by atoms with E-state index in [0.29, 0.717) is 13.0 Å². The van der Waals surface area contributed by atoms with Crippen LogP contribution in [0.1, 0.15) is 37.3 Å². The molecule has 1 aromatic carbocycles. The molecule has 0 radical (unpaired) electrons. The molecule has 0 saturated carbocycles. The van der Waals surface area contributed by atoms with Gasteiger partial charge in [-0.25, -0.2) is 0 Å². The zero-order valence-electron chi connectivity index (χ0n) is 10.2. The molecule has 16 heavy (non-hydrogen) atoms. The van der Waals surface area contributed by atoms with Crippen LogP contribution in [-0.4, -0.2) is 12.6 Å². The SMILES string of the molecule is CCOC(=O)CCCCc1ccc(C)cc1. The zero-order valence-corrected chi connectivity index (χ0v) is 10.2. The van der Waals surface area contributed by atoms with Crippen molar-refractivity contribution < 1.29 is 9.53 Å². The van der Waals surface area contributed by atoms with Crippen LogP contribution in [0.2, 0.25) is 0 Å². The standard InChI is InChI=1S/C14H20O2/c1-3-16-14(15)7-5-4-6-13-10-8-12(2)9-11-13/h8-11H,3-7H2,1-2H3. The Bertz CT molecular complexity index is 314. The lowest BCUT2D eigenvalue weighted by atomic mass is 10.1.